The first-order valence-corrected chi connectivity index (χ1v) is 6.69. The van der Waals surface area contributed by atoms with E-state index in [1.807, 2.05) is 4.90 Å². The molecule has 4 N–H and O–H groups in total. The topological polar surface area (TPSA) is 129 Å². The number of nitrogen functional groups attached to an aromatic ring is 1. The van der Waals surface area contributed by atoms with Crippen LogP contribution in [0.15, 0.2) is 18.5 Å². The summed E-state index contributed by atoms with van der Waals surface area (Å²) in [4.78, 5) is 25.8. The third-order valence-electron chi connectivity index (χ3n) is 3.52. The molecule has 1 aliphatic heterocycles. The number of hydrogen-bond donors (Lipinski definition) is 2. The van der Waals surface area contributed by atoms with E-state index in [4.69, 9.17) is 11.5 Å². The molecule has 1 fully saturated rings. The van der Waals surface area contributed by atoms with Crippen LogP contribution >= 0.6 is 0 Å². The molecular formula is C12H16N8O. The molecule has 9 nitrogen and oxygen atoms in total. The van der Waals surface area contributed by atoms with Gasteiger partial charge in [0.15, 0.2) is 0 Å². The monoisotopic (exact) mass is 288 g/mol. The zero-order chi connectivity index (χ0) is 14.8. The number of nitrogens with zero attached hydrogens (tertiary/aromatic N) is 6. The fourth-order valence-electron chi connectivity index (χ4n) is 2.36. The van der Waals surface area contributed by atoms with Crippen molar-refractivity contribution in [1.82, 2.24) is 24.7 Å². The molecule has 0 radical (unpaired) electrons. The summed E-state index contributed by atoms with van der Waals surface area (Å²) in [5.74, 6) is 0.686. The summed E-state index contributed by atoms with van der Waals surface area (Å²) in [6.07, 6.45) is 4.76. The van der Waals surface area contributed by atoms with E-state index in [2.05, 4.69) is 20.1 Å². The second kappa shape index (κ2) is 5.35. The van der Waals surface area contributed by atoms with Gasteiger partial charge in [0.05, 0.1) is 0 Å². The van der Waals surface area contributed by atoms with Crippen molar-refractivity contribution in [2.75, 3.05) is 23.7 Å². The van der Waals surface area contributed by atoms with Crippen LogP contribution in [0.25, 0.3) is 5.95 Å². The van der Waals surface area contributed by atoms with E-state index in [0.29, 0.717) is 37.8 Å². The van der Waals surface area contributed by atoms with Gasteiger partial charge in [0.1, 0.15) is 0 Å². The van der Waals surface area contributed by atoms with E-state index in [1.165, 1.54) is 4.68 Å². The highest BCUT2D eigenvalue weighted by molar-refractivity contribution is 5.76. The summed E-state index contributed by atoms with van der Waals surface area (Å²) >= 11 is 0. The van der Waals surface area contributed by atoms with E-state index in [0.717, 1.165) is 0 Å². The van der Waals surface area contributed by atoms with E-state index < -0.39 is 0 Å². The predicted molar refractivity (Wildman–Crippen MR) is 75.5 cm³/mol. The highest BCUT2D eigenvalue weighted by Gasteiger charge is 2.25. The molecule has 0 saturated carbocycles. The molecule has 0 unspecified atom stereocenters. The van der Waals surface area contributed by atoms with Gasteiger partial charge in [-0.3, -0.25) is 4.79 Å². The normalized spacial score (nSPS) is 16.1. The molecule has 21 heavy (non-hydrogen) atoms. The number of nitrogens with two attached hydrogens (primary N) is 2. The van der Waals surface area contributed by atoms with Crippen LogP contribution in [0.1, 0.15) is 12.8 Å². The Kier molecular flexibility index (Phi) is 3.38. The zero-order valence-electron chi connectivity index (χ0n) is 11.4. The first-order valence-electron chi connectivity index (χ1n) is 6.69. The van der Waals surface area contributed by atoms with Crippen LogP contribution in [0.5, 0.6) is 0 Å². The molecule has 1 aliphatic rings. The van der Waals surface area contributed by atoms with E-state index in [-0.39, 0.29) is 17.8 Å². The summed E-state index contributed by atoms with van der Waals surface area (Å²) in [5.41, 5.74) is 11.1. The molecule has 0 spiro atoms. The Morgan fingerprint density at radius 3 is 2.52 bits per heavy atom. The summed E-state index contributed by atoms with van der Waals surface area (Å²) in [5, 5.41) is 4.08. The number of rotatable bonds is 3. The lowest BCUT2D eigenvalue weighted by Crippen LogP contribution is -2.39. The van der Waals surface area contributed by atoms with Crippen LogP contribution in [0.2, 0.25) is 0 Å². The van der Waals surface area contributed by atoms with Gasteiger partial charge in [0, 0.05) is 31.4 Å². The fourth-order valence-corrected chi connectivity index (χ4v) is 2.36. The van der Waals surface area contributed by atoms with Crippen LogP contribution in [-0.2, 0) is 4.79 Å². The quantitative estimate of drug-likeness (QED) is 0.767. The number of aromatic nitrogens is 5. The Bertz CT molecular complexity index is 633. The van der Waals surface area contributed by atoms with Gasteiger partial charge in [-0.2, -0.15) is 20.1 Å². The molecule has 2 aromatic rings. The lowest BCUT2D eigenvalue weighted by atomic mass is 9.96. The Balaban J connectivity index is 1.82. The summed E-state index contributed by atoms with van der Waals surface area (Å²) in [7, 11) is 0. The molecule has 0 aliphatic carbocycles. The number of amides is 1. The zero-order valence-corrected chi connectivity index (χ0v) is 11.4. The Morgan fingerprint density at radius 2 is 1.90 bits per heavy atom. The largest absolute Gasteiger partial charge is 0.369 e. The first kappa shape index (κ1) is 13.3. The van der Waals surface area contributed by atoms with Crippen molar-refractivity contribution in [3.05, 3.63) is 18.5 Å². The highest BCUT2D eigenvalue weighted by Crippen LogP contribution is 2.21. The third-order valence-corrected chi connectivity index (χ3v) is 3.52. The average Bonchev–Trinajstić information content (AvgIpc) is 3.01. The molecule has 3 heterocycles. The van der Waals surface area contributed by atoms with Crippen molar-refractivity contribution in [3.8, 4) is 5.95 Å². The highest BCUT2D eigenvalue weighted by atomic mass is 16.1. The summed E-state index contributed by atoms with van der Waals surface area (Å²) in [6, 6.07) is 1.78. The molecule has 110 valence electrons. The molecule has 0 atom stereocenters. The van der Waals surface area contributed by atoms with Gasteiger partial charge in [-0.15, -0.1) is 0 Å². The minimum atomic E-state index is -0.248. The standard InChI is InChI=1S/C12H16N8O/c13-9(21)8-2-6-19(7-3-8)11-16-10(14)17-12(18-11)20-5-1-4-15-20/h1,4-5,8H,2-3,6-7H2,(H2,13,21)(H2,14,16,17,18). The van der Waals surface area contributed by atoms with E-state index in [9.17, 15) is 4.79 Å². The summed E-state index contributed by atoms with van der Waals surface area (Å²) in [6.45, 7) is 1.32. The second-order valence-corrected chi connectivity index (χ2v) is 4.91. The van der Waals surface area contributed by atoms with E-state index in [1.54, 1.807) is 18.5 Å². The van der Waals surface area contributed by atoms with Gasteiger partial charge in [-0.25, -0.2) is 4.68 Å². The Labute approximate surface area is 121 Å². The van der Waals surface area contributed by atoms with Gasteiger partial charge in [0.25, 0.3) is 5.95 Å². The van der Waals surface area contributed by atoms with Gasteiger partial charge < -0.3 is 16.4 Å². The number of piperidine rings is 1. The number of primary amides is 1. The smallest absolute Gasteiger partial charge is 0.257 e. The fraction of sp³-hybridized carbons (Fsp3) is 0.417. The van der Waals surface area contributed by atoms with Crippen LogP contribution < -0.4 is 16.4 Å². The van der Waals surface area contributed by atoms with Gasteiger partial charge in [-0.1, -0.05) is 0 Å². The lowest BCUT2D eigenvalue weighted by Gasteiger charge is -2.30. The average molecular weight is 288 g/mol. The predicted octanol–water partition coefficient (Wildman–Crippen LogP) is -0.659. The molecule has 0 aromatic carbocycles. The first-order chi connectivity index (χ1) is 10.1. The third kappa shape index (κ3) is 2.76. The number of carbonyl (C=O) groups is 1. The van der Waals surface area contributed by atoms with Gasteiger partial charge in [0.2, 0.25) is 17.8 Å². The van der Waals surface area contributed by atoms with Crippen LogP contribution in [-0.4, -0.2) is 43.7 Å². The molecular weight excluding hydrogens is 272 g/mol. The molecule has 1 amide bonds. The van der Waals surface area contributed by atoms with Crippen molar-refractivity contribution < 1.29 is 4.79 Å². The second-order valence-electron chi connectivity index (χ2n) is 4.91. The summed E-state index contributed by atoms with van der Waals surface area (Å²) < 4.78 is 1.53. The number of hydrogen-bond acceptors (Lipinski definition) is 7. The Morgan fingerprint density at radius 1 is 1.19 bits per heavy atom. The lowest BCUT2D eigenvalue weighted by molar-refractivity contribution is -0.122. The van der Waals surface area contributed by atoms with Crippen molar-refractivity contribution in [1.29, 1.82) is 0 Å². The maximum Gasteiger partial charge on any atom is 0.257 e. The molecule has 2 aromatic heterocycles. The van der Waals surface area contributed by atoms with Gasteiger partial charge in [-0.05, 0) is 18.9 Å². The number of anilines is 2. The maximum atomic E-state index is 11.2. The van der Waals surface area contributed by atoms with Crippen LogP contribution in [0, 0.1) is 5.92 Å². The van der Waals surface area contributed by atoms with E-state index >= 15 is 0 Å². The maximum absolute atomic E-state index is 11.2. The van der Waals surface area contributed by atoms with Crippen LogP contribution in [0.3, 0.4) is 0 Å². The SMILES string of the molecule is NC(=O)C1CCN(c2nc(N)nc(-n3cccn3)n2)CC1. The van der Waals surface area contributed by atoms with Crippen molar-refractivity contribution >= 4 is 17.8 Å². The van der Waals surface area contributed by atoms with Crippen molar-refractivity contribution in [2.45, 2.75) is 12.8 Å². The molecule has 1 saturated heterocycles. The number of carbonyl (C=O) groups excluding carboxylic acids is 1. The molecule has 9 heteroatoms. The molecule has 3 rings (SSSR count). The van der Waals surface area contributed by atoms with Gasteiger partial charge >= 0.3 is 0 Å². The van der Waals surface area contributed by atoms with Crippen molar-refractivity contribution in [3.63, 3.8) is 0 Å². The minimum absolute atomic E-state index is 0.0778. The Hall–Kier alpha value is -2.71. The van der Waals surface area contributed by atoms with Crippen LogP contribution in [0.4, 0.5) is 11.9 Å². The van der Waals surface area contributed by atoms with Crippen molar-refractivity contribution in [2.24, 2.45) is 11.7 Å². The molecule has 0 bridgehead atoms. The minimum Gasteiger partial charge on any atom is -0.369 e.